The first kappa shape index (κ1) is 15.7. The van der Waals surface area contributed by atoms with Crippen LogP contribution < -0.4 is 5.32 Å². The van der Waals surface area contributed by atoms with E-state index in [0.717, 1.165) is 38.1 Å². The van der Waals surface area contributed by atoms with E-state index >= 15 is 0 Å². The zero-order valence-electron chi connectivity index (χ0n) is 12.8. The second-order valence-electron chi connectivity index (χ2n) is 6.11. The number of fused-ring (bicyclic) bond motifs is 1. The van der Waals surface area contributed by atoms with Crippen LogP contribution in [-0.2, 0) is 6.42 Å². The maximum absolute atomic E-state index is 12.3. The smallest absolute Gasteiger partial charge is 0.317 e. The molecule has 3 rings (SSSR count). The summed E-state index contributed by atoms with van der Waals surface area (Å²) in [4.78, 5) is 14.2. The van der Waals surface area contributed by atoms with Crippen LogP contribution in [0.25, 0.3) is 0 Å². The number of thioether (sulfide) groups is 1. The number of carbonyl (C=O) groups is 1. The second kappa shape index (κ2) is 7.38. The molecule has 2 N–H and O–H groups in total. The van der Waals surface area contributed by atoms with Gasteiger partial charge in [-0.2, -0.15) is 11.8 Å². The summed E-state index contributed by atoms with van der Waals surface area (Å²) in [6.45, 7) is 2.45. The van der Waals surface area contributed by atoms with Gasteiger partial charge in [0.1, 0.15) is 0 Å². The van der Waals surface area contributed by atoms with Crippen LogP contribution in [-0.4, -0.2) is 48.0 Å². The second-order valence-corrected chi connectivity index (χ2v) is 7.42. The Morgan fingerprint density at radius 2 is 2.09 bits per heavy atom. The van der Waals surface area contributed by atoms with Crippen LogP contribution in [0, 0.1) is 5.92 Å². The third-order valence-electron chi connectivity index (χ3n) is 4.69. The molecule has 0 radical (unpaired) electrons. The number of likely N-dealkylation sites (tertiary alicyclic amines) is 1. The predicted octanol–water partition coefficient (Wildman–Crippen LogP) is 2.43. The summed E-state index contributed by atoms with van der Waals surface area (Å²) in [7, 11) is 0. The molecule has 2 aliphatic heterocycles. The van der Waals surface area contributed by atoms with Gasteiger partial charge in [0, 0.05) is 31.5 Å². The molecule has 0 spiro atoms. The number of nitrogens with one attached hydrogen (secondary N) is 1. The Kier molecular flexibility index (Phi) is 5.26. The Morgan fingerprint density at radius 3 is 2.86 bits per heavy atom. The summed E-state index contributed by atoms with van der Waals surface area (Å²) >= 11 is 1.93. The van der Waals surface area contributed by atoms with E-state index in [2.05, 4.69) is 29.6 Å². The van der Waals surface area contributed by atoms with Crippen LogP contribution in [0.2, 0.25) is 0 Å². The van der Waals surface area contributed by atoms with Gasteiger partial charge in [0.2, 0.25) is 0 Å². The van der Waals surface area contributed by atoms with E-state index in [-0.39, 0.29) is 12.6 Å². The molecular weight excluding hydrogens is 296 g/mol. The first-order valence-corrected chi connectivity index (χ1v) is 9.16. The summed E-state index contributed by atoms with van der Waals surface area (Å²) in [5.41, 5.74) is 2.79. The number of rotatable bonds is 3. The fraction of sp³-hybridized carbons (Fsp3) is 0.588. The summed E-state index contributed by atoms with van der Waals surface area (Å²) in [5.74, 6) is 1.49. The highest BCUT2D eigenvalue weighted by Gasteiger charge is 2.24. The molecule has 22 heavy (non-hydrogen) atoms. The van der Waals surface area contributed by atoms with Gasteiger partial charge in [-0.05, 0) is 42.1 Å². The van der Waals surface area contributed by atoms with E-state index in [0.29, 0.717) is 17.7 Å². The van der Waals surface area contributed by atoms with Crippen LogP contribution in [0.4, 0.5) is 4.79 Å². The van der Waals surface area contributed by atoms with Crippen LogP contribution in [0.3, 0.4) is 0 Å². The minimum Gasteiger partial charge on any atom is -0.396 e. The van der Waals surface area contributed by atoms with Crippen LogP contribution in [0.15, 0.2) is 24.3 Å². The highest BCUT2D eigenvalue weighted by molar-refractivity contribution is 7.99. The van der Waals surface area contributed by atoms with Crippen molar-refractivity contribution in [1.29, 1.82) is 0 Å². The first-order chi connectivity index (χ1) is 10.8. The number of nitrogens with zero attached hydrogens (tertiary/aromatic N) is 1. The first-order valence-electron chi connectivity index (χ1n) is 8.11. The molecule has 0 saturated carbocycles. The average Bonchev–Trinajstić information content (AvgIpc) is 2.59. The number of amides is 2. The van der Waals surface area contributed by atoms with Gasteiger partial charge in [-0.3, -0.25) is 0 Å². The van der Waals surface area contributed by atoms with Crippen molar-refractivity contribution in [3.63, 3.8) is 0 Å². The summed E-state index contributed by atoms with van der Waals surface area (Å²) in [6.07, 6.45) is 2.94. The van der Waals surface area contributed by atoms with Crippen molar-refractivity contribution in [1.82, 2.24) is 10.2 Å². The largest absolute Gasteiger partial charge is 0.396 e. The van der Waals surface area contributed by atoms with Gasteiger partial charge in [-0.15, -0.1) is 0 Å². The minimum absolute atomic E-state index is 0.0417. The molecule has 1 aromatic rings. The molecule has 1 atom stereocenters. The van der Waals surface area contributed by atoms with Crippen molar-refractivity contribution in [2.75, 3.05) is 32.0 Å². The lowest BCUT2D eigenvalue weighted by atomic mass is 9.98. The number of carbonyl (C=O) groups excluding carboxylic acids is 1. The average molecular weight is 320 g/mol. The van der Waals surface area contributed by atoms with Crippen LogP contribution >= 0.6 is 11.8 Å². The highest BCUT2D eigenvalue weighted by atomic mass is 32.2. The lowest BCUT2D eigenvalue weighted by Crippen LogP contribution is -2.45. The van der Waals surface area contributed by atoms with Crippen LogP contribution in [0.1, 0.15) is 29.2 Å². The Bertz CT molecular complexity index is 515. The van der Waals surface area contributed by atoms with Gasteiger partial charge >= 0.3 is 6.03 Å². The molecule has 5 heteroatoms. The molecule has 1 fully saturated rings. The summed E-state index contributed by atoms with van der Waals surface area (Å²) in [5, 5.41) is 12.6. The van der Waals surface area contributed by atoms with E-state index in [9.17, 15) is 4.79 Å². The van der Waals surface area contributed by atoms with Gasteiger partial charge in [0.05, 0.1) is 0 Å². The Labute approximate surface area is 136 Å². The van der Waals surface area contributed by atoms with E-state index < -0.39 is 0 Å². The molecular formula is C17H24N2O2S. The standard InChI is InChI=1S/C17H24N2O2S/c20-12-13-5-8-19(9-6-13)17(21)18-11-16-15-4-2-1-3-14(15)7-10-22-16/h1-4,13,16,20H,5-12H2,(H,18,21). The van der Waals surface area contributed by atoms with E-state index in [1.807, 2.05) is 16.7 Å². The number of benzene rings is 1. The molecule has 2 amide bonds. The van der Waals surface area contributed by atoms with Gasteiger partial charge in [0.25, 0.3) is 0 Å². The van der Waals surface area contributed by atoms with Crippen molar-refractivity contribution in [3.8, 4) is 0 Å². The SMILES string of the molecule is O=C(NCC1SCCc2ccccc21)N1CCC(CO)CC1. The number of piperidine rings is 1. The van der Waals surface area contributed by atoms with Gasteiger partial charge in [0.15, 0.2) is 0 Å². The molecule has 1 unspecified atom stereocenters. The predicted molar refractivity (Wildman–Crippen MR) is 90.1 cm³/mol. The minimum atomic E-state index is 0.0417. The maximum atomic E-state index is 12.3. The van der Waals surface area contributed by atoms with Crippen molar-refractivity contribution in [3.05, 3.63) is 35.4 Å². The van der Waals surface area contributed by atoms with Crippen molar-refractivity contribution < 1.29 is 9.90 Å². The van der Waals surface area contributed by atoms with Gasteiger partial charge in [-0.25, -0.2) is 4.79 Å². The van der Waals surface area contributed by atoms with E-state index in [1.165, 1.54) is 11.1 Å². The van der Waals surface area contributed by atoms with E-state index in [4.69, 9.17) is 5.11 Å². The normalized spacial score (nSPS) is 22.2. The number of aryl methyl sites for hydroxylation is 1. The Hall–Kier alpha value is -1.20. The molecule has 1 saturated heterocycles. The molecule has 2 aliphatic rings. The zero-order chi connectivity index (χ0) is 15.4. The fourth-order valence-corrected chi connectivity index (χ4v) is 4.49. The lowest BCUT2D eigenvalue weighted by molar-refractivity contribution is 0.137. The Balaban J connectivity index is 1.52. The quantitative estimate of drug-likeness (QED) is 0.899. The van der Waals surface area contributed by atoms with E-state index in [1.54, 1.807) is 0 Å². The number of aliphatic hydroxyl groups excluding tert-OH is 1. The van der Waals surface area contributed by atoms with Crippen molar-refractivity contribution >= 4 is 17.8 Å². The highest BCUT2D eigenvalue weighted by Crippen LogP contribution is 2.36. The Morgan fingerprint density at radius 1 is 1.32 bits per heavy atom. The number of hydrogen-bond acceptors (Lipinski definition) is 3. The van der Waals surface area contributed by atoms with Gasteiger partial charge in [-0.1, -0.05) is 24.3 Å². The monoisotopic (exact) mass is 320 g/mol. The molecule has 4 nitrogen and oxygen atoms in total. The third-order valence-corrected chi connectivity index (χ3v) is 5.95. The van der Waals surface area contributed by atoms with Crippen molar-refractivity contribution in [2.24, 2.45) is 5.92 Å². The van der Waals surface area contributed by atoms with Crippen molar-refractivity contribution in [2.45, 2.75) is 24.5 Å². The number of urea groups is 1. The number of aliphatic hydroxyl groups is 1. The fourth-order valence-electron chi connectivity index (χ4n) is 3.26. The number of hydrogen-bond donors (Lipinski definition) is 2. The molecule has 1 aromatic carbocycles. The topological polar surface area (TPSA) is 52.6 Å². The zero-order valence-corrected chi connectivity index (χ0v) is 13.6. The maximum Gasteiger partial charge on any atom is 0.317 e. The van der Waals surface area contributed by atoms with Crippen LogP contribution in [0.5, 0.6) is 0 Å². The van der Waals surface area contributed by atoms with Gasteiger partial charge < -0.3 is 15.3 Å². The lowest BCUT2D eigenvalue weighted by Gasteiger charge is -2.32. The molecule has 0 bridgehead atoms. The summed E-state index contributed by atoms with van der Waals surface area (Å²) in [6, 6.07) is 8.60. The molecule has 120 valence electrons. The molecule has 0 aromatic heterocycles. The molecule has 2 heterocycles. The summed E-state index contributed by atoms with van der Waals surface area (Å²) < 4.78 is 0. The molecule has 0 aliphatic carbocycles. The third kappa shape index (κ3) is 3.58.